The lowest BCUT2D eigenvalue weighted by Gasteiger charge is -2.18. The third-order valence-electron chi connectivity index (χ3n) is 9.56. The minimum atomic E-state index is 0.984. The summed E-state index contributed by atoms with van der Waals surface area (Å²) in [5.74, 6) is 0.984. The molecule has 0 saturated carbocycles. The molecule has 48 heavy (non-hydrogen) atoms. The van der Waals surface area contributed by atoms with Crippen LogP contribution in [0.5, 0.6) is 0 Å². The first-order valence-electron chi connectivity index (χ1n) is 16.5. The van der Waals surface area contributed by atoms with Gasteiger partial charge in [-0.3, -0.25) is 4.57 Å². The van der Waals surface area contributed by atoms with Gasteiger partial charge >= 0.3 is 0 Å². The third-order valence-corrected chi connectivity index (χ3v) is 9.56. The van der Waals surface area contributed by atoms with E-state index in [9.17, 15) is 0 Å². The van der Waals surface area contributed by atoms with Crippen LogP contribution in [-0.4, -0.2) is 9.55 Å². The lowest BCUT2D eigenvalue weighted by Crippen LogP contribution is -1.96. The van der Waals surface area contributed by atoms with Gasteiger partial charge in [0, 0.05) is 5.69 Å². The number of nitrogens with zero attached hydrogens (tertiary/aromatic N) is 2. The molecule has 0 spiro atoms. The second-order valence-corrected chi connectivity index (χ2v) is 12.4. The maximum Gasteiger partial charge on any atom is 0.111 e. The van der Waals surface area contributed by atoms with E-state index in [0.29, 0.717) is 0 Å². The van der Waals surface area contributed by atoms with Gasteiger partial charge in [0.1, 0.15) is 5.82 Å². The van der Waals surface area contributed by atoms with Crippen LogP contribution in [0.2, 0.25) is 0 Å². The van der Waals surface area contributed by atoms with Crippen molar-refractivity contribution in [1.82, 2.24) is 9.55 Å². The Bertz CT molecular complexity index is 2520. The minimum absolute atomic E-state index is 0.984. The molecule has 0 amide bonds. The van der Waals surface area contributed by atoms with Crippen LogP contribution in [-0.2, 0) is 0 Å². The molecule has 0 N–H and O–H groups in total. The topological polar surface area (TPSA) is 17.8 Å². The second-order valence-electron chi connectivity index (χ2n) is 12.4. The predicted octanol–water partition coefficient (Wildman–Crippen LogP) is 12.3. The van der Waals surface area contributed by atoms with Crippen molar-refractivity contribution >= 4 is 32.6 Å². The van der Waals surface area contributed by atoms with Gasteiger partial charge in [-0.1, -0.05) is 152 Å². The molecule has 0 fully saturated rings. The normalized spacial score (nSPS) is 11.4. The van der Waals surface area contributed by atoms with Gasteiger partial charge in [-0.25, -0.2) is 4.98 Å². The fourth-order valence-corrected chi connectivity index (χ4v) is 7.32. The highest BCUT2D eigenvalue weighted by atomic mass is 15.1. The van der Waals surface area contributed by atoms with Crippen molar-refractivity contribution in [3.8, 4) is 50.2 Å². The summed E-state index contributed by atoms with van der Waals surface area (Å²) in [5.41, 5.74) is 13.0. The van der Waals surface area contributed by atoms with E-state index in [0.717, 1.165) is 22.5 Å². The average Bonchev–Trinajstić information content (AvgIpc) is 3.49. The van der Waals surface area contributed by atoms with Crippen molar-refractivity contribution in [1.29, 1.82) is 0 Å². The van der Waals surface area contributed by atoms with Crippen LogP contribution in [0.1, 0.15) is 5.82 Å². The number of hydrogen-bond acceptors (Lipinski definition) is 1. The Morgan fingerprint density at radius 1 is 0.375 bits per heavy atom. The van der Waals surface area contributed by atoms with E-state index in [1.165, 1.54) is 66.1 Å². The van der Waals surface area contributed by atoms with Crippen molar-refractivity contribution in [2.24, 2.45) is 0 Å². The molecule has 0 bridgehead atoms. The monoisotopic (exact) mass is 612 g/mol. The molecular weight excluding hydrogens is 581 g/mol. The maximum atomic E-state index is 4.85. The van der Waals surface area contributed by atoms with Crippen LogP contribution in [0.25, 0.3) is 82.8 Å². The van der Waals surface area contributed by atoms with Crippen molar-refractivity contribution in [3.05, 3.63) is 182 Å². The first-order valence-corrected chi connectivity index (χ1v) is 16.5. The Balaban J connectivity index is 1.16. The SMILES string of the molecule is Cc1nc2ccc(-c3ccc(-c4c5ccccc5c(-c5ccc(-c6ccccc6)cc5)c5ccccc45)cc3)cc2n1-c1ccccc1. The molecule has 0 aliphatic rings. The predicted molar refractivity (Wildman–Crippen MR) is 203 cm³/mol. The van der Waals surface area contributed by atoms with E-state index in [2.05, 4.69) is 181 Å². The number of benzene rings is 8. The lowest BCUT2D eigenvalue weighted by atomic mass is 9.85. The molecule has 226 valence electrons. The summed E-state index contributed by atoms with van der Waals surface area (Å²) in [6, 6.07) is 63.4. The van der Waals surface area contributed by atoms with Gasteiger partial charge in [0.2, 0.25) is 0 Å². The molecular formula is C46H32N2. The van der Waals surface area contributed by atoms with Gasteiger partial charge in [0.15, 0.2) is 0 Å². The van der Waals surface area contributed by atoms with Crippen molar-refractivity contribution in [2.75, 3.05) is 0 Å². The quantitative estimate of drug-likeness (QED) is 0.177. The Kier molecular flexibility index (Phi) is 6.72. The van der Waals surface area contributed by atoms with E-state index >= 15 is 0 Å². The molecule has 0 radical (unpaired) electrons. The van der Waals surface area contributed by atoms with E-state index in [1.54, 1.807) is 0 Å². The molecule has 9 rings (SSSR count). The number of para-hydroxylation sites is 1. The van der Waals surface area contributed by atoms with Crippen LogP contribution in [0, 0.1) is 6.92 Å². The average molecular weight is 613 g/mol. The fourth-order valence-electron chi connectivity index (χ4n) is 7.32. The summed E-state index contributed by atoms with van der Waals surface area (Å²) < 4.78 is 2.24. The minimum Gasteiger partial charge on any atom is -0.297 e. The summed E-state index contributed by atoms with van der Waals surface area (Å²) in [5, 5.41) is 5.04. The van der Waals surface area contributed by atoms with Crippen molar-refractivity contribution in [3.63, 3.8) is 0 Å². The van der Waals surface area contributed by atoms with Gasteiger partial charge in [0.05, 0.1) is 11.0 Å². The molecule has 1 aromatic heterocycles. The standard InChI is InChI=1S/C46H32N2/c1-31-47-43-29-28-37(30-44(43)48(31)38-14-6-3-7-15-38)34-22-26-36(27-23-34)46-41-18-10-8-16-39(41)45(40-17-9-11-19-42(40)46)35-24-20-33(21-25-35)32-12-4-2-5-13-32/h2-30H,1H3. The summed E-state index contributed by atoms with van der Waals surface area (Å²) in [4.78, 5) is 4.85. The smallest absolute Gasteiger partial charge is 0.111 e. The lowest BCUT2D eigenvalue weighted by molar-refractivity contribution is 1.00. The van der Waals surface area contributed by atoms with E-state index < -0.39 is 0 Å². The largest absolute Gasteiger partial charge is 0.297 e. The zero-order chi connectivity index (χ0) is 32.0. The van der Waals surface area contributed by atoms with E-state index in [1.807, 2.05) is 6.07 Å². The number of imidazole rings is 1. The second kappa shape index (κ2) is 11.5. The molecule has 2 nitrogen and oxygen atoms in total. The Hall–Kier alpha value is -6.25. The molecule has 0 saturated heterocycles. The number of fused-ring (bicyclic) bond motifs is 3. The van der Waals surface area contributed by atoms with Gasteiger partial charge in [-0.05, 0) is 97.2 Å². The van der Waals surface area contributed by atoms with Crippen molar-refractivity contribution < 1.29 is 0 Å². The van der Waals surface area contributed by atoms with Crippen LogP contribution in [0.3, 0.4) is 0 Å². The summed E-state index contributed by atoms with van der Waals surface area (Å²) in [6.07, 6.45) is 0. The molecule has 8 aromatic carbocycles. The Morgan fingerprint density at radius 3 is 1.29 bits per heavy atom. The number of aromatic nitrogens is 2. The van der Waals surface area contributed by atoms with Crippen LogP contribution in [0.4, 0.5) is 0 Å². The van der Waals surface area contributed by atoms with Gasteiger partial charge in [-0.2, -0.15) is 0 Å². The molecule has 2 heteroatoms. The van der Waals surface area contributed by atoms with Crippen LogP contribution in [0.15, 0.2) is 176 Å². The molecule has 0 unspecified atom stereocenters. The molecule has 1 heterocycles. The zero-order valence-corrected chi connectivity index (χ0v) is 26.6. The fraction of sp³-hybridized carbons (Fsp3) is 0.0217. The third kappa shape index (κ3) is 4.70. The first kappa shape index (κ1) is 28.0. The zero-order valence-electron chi connectivity index (χ0n) is 26.6. The molecule has 0 aliphatic carbocycles. The first-order chi connectivity index (χ1) is 23.7. The molecule has 0 aliphatic heterocycles. The highest BCUT2D eigenvalue weighted by molar-refractivity contribution is 6.21. The molecule has 0 atom stereocenters. The van der Waals surface area contributed by atoms with E-state index in [4.69, 9.17) is 4.98 Å². The highest BCUT2D eigenvalue weighted by Crippen LogP contribution is 2.44. The Morgan fingerprint density at radius 2 is 0.771 bits per heavy atom. The summed E-state index contributed by atoms with van der Waals surface area (Å²) >= 11 is 0. The van der Waals surface area contributed by atoms with Gasteiger partial charge in [0.25, 0.3) is 0 Å². The maximum absolute atomic E-state index is 4.85. The van der Waals surface area contributed by atoms with Crippen LogP contribution < -0.4 is 0 Å². The van der Waals surface area contributed by atoms with Gasteiger partial charge < -0.3 is 0 Å². The van der Waals surface area contributed by atoms with Crippen molar-refractivity contribution in [2.45, 2.75) is 6.92 Å². The number of hydrogen-bond donors (Lipinski definition) is 0. The number of rotatable bonds is 5. The van der Waals surface area contributed by atoms with E-state index in [-0.39, 0.29) is 0 Å². The van der Waals surface area contributed by atoms with Crippen LogP contribution >= 0.6 is 0 Å². The Labute approximate surface area is 280 Å². The molecule has 9 aromatic rings. The summed E-state index contributed by atoms with van der Waals surface area (Å²) in [6.45, 7) is 2.07. The summed E-state index contributed by atoms with van der Waals surface area (Å²) in [7, 11) is 0. The highest BCUT2D eigenvalue weighted by Gasteiger charge is 2.17. The number of aryl methyl sites for hydroxylation is 1. The van der Waals surface area contributed by atoms with Gasteiger partial charge in [-0.15, -0.1) is 0 Å².